The number of carbonyl (C=O) groups is 1. The molecule has 0 unspecified atom stereocenters. The van der Waals surface area contributed by atoms with Gasteiger partial charge in [-0.1, -0.05) is 18.2 Å². The first kappa shape index (κ1) is 19.7. The third-order valence-corrected chi connectivity index (χ3v) is 5.31. The van der Waals surface area contributed by atoms with E-state index in [2.05, 4.69) is 21.5 Å². The second-order valence-corrected chi connectivity index (χ2v) is 7.36. The molecule has 7 nitrogen and oxygen atoms in total. The quantitative estimate of drug-likeness (QED) is 0.444. The van der Waals surface area contributed by atoms with Gasteiger partial charge >= 0.3 is 0 Å². The average Bonchev–Trinajstić information content (AvgIpc) is 3.41. The van der Waals surface area contributed by atoms with Gasteiger partial charge in [0.25, 0.3) is 11.5 Å². The molecule has 3 aromatic heterocycles. The van der Waals surface area contributed by atoms with Gasteiger partial charge < -0.3 is 14.9 Å². The SMILES string of the molecule is Cc1ccn(CCc2c[nH]c3ccccc23)c(=O)c1C(=O)NCCCn1cccn1. The summed E-state index contributed by atoms with van der Waals surface area (Å²) in [6.45, 7) is 3.52. The Morgan fingerprint density at radius 2 is 2.00 bits per heavy atom. The van der Waals surface area contributed by atoms with Crippen molar-refractivity contribution in [2.24, 2.45) is 0 Å². The molecule has 4 aromatic rings. The molecule has 0 fully saturated rings. The van der Waals surface area contributed by atoms with E-state index >= 15 is 0 Å². The van der Waals surface area contributed by atoms with Crippen molar-refractivity contribution in [2.75, 3.05) is 6.54 Å². The van der Waals surface area contributed by atoms with Crippen LogP contribution in [0.3, 0.4) is 0 Å². The van der Waals surface area contributed by atoms with Crippen molar-refractivity contribution < 1.29 is 4.79 Å². The highest BCUT2D eigenvalue weighted by atomic mass is 16.2. The smallest absolute Gasteiger partial charge is 0.263 e. The lowest BCUT2D eigenvalue weighted by molar-refractivity contribution is 0.0950. The van der Waals surface area contributed by atoms with Crippen molar-refractivity contribution in [3.8, 4) is 0 Å². The maximum atomic E-state index is 13.0. The Kier molecular flexibility index (Phi) is 5.79. The van der Waals surface area contributed by atoms with E-state index in [1.54, 1.807) is 23.9 Å². The molecule has 0 bridgehead atoms. The Labute approximate surface area is 174 Å². The number of rotatable bonds is 8. The Hall–Kier alpha value is -3.61. The summed E-state index contributed by atoms with van der Waals surface area (Å²) in [5.74, 6) is -0.320. The lowest BCUT2D eigenvalue weighted by Gasteiger charge is -2.11. The molecular weight excluding hydrogens is 378 g/mol. The summed E-state index contributed by atoms with van der Waals surface area (Å²) in [7, 11) is 0. The molecule has 1 aromatic carbocycles. The molecular formula is C23H25N5O2. The average molecular weight is 403 g/mol. The Morgan fingerprint density at radius 3 is 2.83 bits per heavy atom. The zero-order valence-corrected chi connectivity index (χ0v) is 17.0. The Bertz CT molecular complexity index is 1200. The fourth-order valence-corrected chi connectivity index (χ4v) is 3.66. The maximum absolute atomic E-state index is 13.0. The van der Waals surface area contributed by atoms with Crippen LogP contribution in [-0.2, 0) is 19.5 Å². The standard InChI is InChI=1S/C23H25N5O2/c1-17-8-14-27(15-9-18-16-25-20-7-3-2-6-19(18)20)23(30)21(17)22(29)24-10-4-12-28-13-5-11-26-28/h2-3,5-8,11,13-14,16,25H,4,9-10,12,15H2,1H3,(H,24,29). The van der Waals surface area contributed by atoms with E-state index in [9.17, 15) is 9.59 Å². The van der Waals surface area contributed by atoms with Gasteiger partial charge in [0.2, 0.25) is 0 Å². The van der Waals surface area contributed by atoms with Crippen molar-refractivity contribution in [2.45, 2.75) is 32.9 Å². The van der Waals surface area contributed by atoms with Crippen LogP contribution in [-0.4, -0.2) is 31.8 Å². The van der Waals surface area contributed by atoms with E-state index in [1.165, 1.54) is 0 Å². The highest BCUT2D eigenvalue weighted by Crippen LogP contribution is 2.18. The largest absolute Gasteiger partial charge is 0.361 e. The fraction of sp³-hybridized carbons (Fsp3) is 0.261. The zero-order chi connectivity index (χ0) is 20.9. The number of nitrogens with zero attached hydrogens (tertiary/aromatic N) is 3. The van der Waals surface area contributed by atoms with E-state index < -0.39 is 0 Å². The minimum Gasteiger partial charge on any atom is -0.361 e. The number of aromatic amines is 1. The number of H-pyrrole nitrogens is 1. The molecule has 0 aliphatic carbocycles. The molecule has 0 atom stereocenters. The van der Waals surface area contributed by atoms with Gasteiger partial charge in [0.15, 0.2) is 0 Å². The topological polar surface area (TPSA) is 84.7 Å². The van der Waals surface area contributed by atoms with Crippen molar-refractivity contribution in [3.63, 3.8) is 0 Å². The van der Waals surface area contributed by atoms with Crippen LogP contribution in [0.25, 0.3) is 10.9 Å². The van der Waals surface area contributed by atoms with Crippen molar-refractivity contribution in [1.82, 2.24) is 24.6 Å². The van der Waals surface area contributed by atoms with Crippen LogP contribution in [0, 0.1) is 6.92 Å². The third-order valence-electron chi connectivity index (χ3n) is 5.31. The van der Waals surface area contributed by atoms with Gasteiger partial charge in [-0.15, -0.1) is 0 Å². The molecule has 0 saturated heterocycles. The first-order chi connectivity index (χ1) is 14.6. The van der Waals surface area contributed by atoms with Crippen LogP contribution in [0.2, 0.25) is 0 Å². The van der Waals surface area contributed by atoms with Crippen LogP contribution in [0.5, 0.6) is 0 Å². The minimum absolute atomic E-state index is 0.218. The number of nitrogens with one attached hydrogen (secondary N) is 2. The van der Waals surface area contributed by atoms with Crippen LogP contribution in [0.1, 0.15) is 27.9 Å². The normalized spacial score (nSPS) is 11.1. The van der Waals surface area contributed by atoms with Gasteiger partial charge in [0.1, 0.15) is 5.56 Å². The number of amides is 1. The molecule has 0 radical (unpaired) electrons. The fourth-order valence-electron chi connectivity index (χ4n) is 3.66. The highest BCUT2D eigenvalue weighted by molar-refractivity contribution is 5.95. The number of aromatic nitrogens is 4. The van der Waals surface area contributed by atoms with Crippen LogP contribution >= 0.6 is 0 Å². The highest BCUT2D eigenvalue weighted by Gasteiger charge is 2.15. The number of fused-ring (bicyclic) bond motifs is 1. The zero-order valence-electron chi connectivity index (χ0n) is 17.0. The first-order valence-electron chi connectivity index (χ1n) is 10.1. The second kappa shape index (κ2) is 8.82. The molecule has 30 heavy (non-hydrogen) atoms. The minimum atomic E-state index is -0.320. The molecule has 0 aliphatic rings. The second-order valence-electron chi connectivity index (χ2n) is 7.36. The lowest BCUT2D eigenvalue weighted by atomic mass is 10.1. The number of aryl methyl sites for hydroxylation is 4. The molecule has 7 heteroatoms. The first-order valence-corrected chi connectivity index (χ1v) is 10.1. The summed E-state index contributed by atoms with van der Waals surface area (Å²) >= 11 is 0. The van der Waals surface area contributed by atoms with E-state index in [1.807, 2.05) is 47.4 Å². The summed E-state index contributed by atoms with van der Waals surface area (Å²) in [6, 6.07) is 11.8. The van der Waals surface area contributed by atoms with E-state index in [-0.39, 0.29) is 17.0 Å². The summed E-state index contributed by atoms with van der Waals surface area (Å²) < 4.78 is 3.44. The molecule has 1 amide bonds. The van der Waals surface area contributed by atoms with Gasteiger partial charge in [-0.3, -0.25) is 14.3 Å². The summed E-state index contributed by atoms with van der Waals surface area (Å²) in [6.07, 6.45) is 8.81. The van der Waals surface area contributed by atoms with Crippen LogP contribution in [0.4, 0.5) is 0 Å². The predicted molar refractivity (Wildman–Crippen MR) is 117 cm³/mol. The molecule has 0 saturated carbocycles. The van der Waals surface area contributed by atoms with Gasteiger partial charge in [-0.2, -0.15) is 5.10 Å². The Balaban J connectivity index is 1.42. The monoisotopic (exact) mass is 403 g/mol. The molecule has 2 N–H and O–H groups in total. The molecule has 4 rings (SSSR count). The number of para-hydroxylation sites is 1. The summed E-state index contributed by atoms with van der Waals surface area (Å²) in [4.78, 5) is 28.9. The number of benzene rings is 1. The summed E-state index contributed by atoms with van der Waals surface area (Å²) in [5.41, 5.74) is 2.89. The Morgan fingerprint density at radius 1 is 1.13 bits per heavy atom. The third kappa shape index (κ3) is 4.20. The van der Waals surface area contributed by atoms with E-state index in [0.29, 0.717) is 25.1 Å². The van der Waals surface area contributed by atoms with Crippen molar-refractivity contribution >= 4 is 16.8 Å². The van der Waals surface area contributed by atoms with Crippen molar-refractivity contribution in [3.05, 3.63) is 88.2 Å². The van der Waals surface area contributed by atoms with Gasteiger partial charge in [-0.25, -0.2) is 0 Å². The number of pyridine rings is 1. The van der Waals surface area contributed by atoms with Crippen LogP contribution < -0.4 is 10.9 Å². The lowest BCUT2D eigenvalue weighted by Crippen LogP contribution is -2.35. The maximum Gasteiger partial charge on any atom is 0.263 e. The number of hydrogen-bond donors (Lipinski definition) is 2. The van der Waals surface area contributed by atoms with Crippen LogP contribution in [0.15, 0.2) is 66.0 Å². The van der Waals surface area contributed by atoms with Gasteiger partial charge in [0.05, 0.1) is 0 Å². The molecule has 3 heterocycles. The predicted octanol–water partition coefficient (Wildman–Crippen LogP) is 2.90. The summed E-state index contributed by atoms with van der Waals surface area (Å²) in [5, 5.41) is 8.17. The van der Waals surface area contributed by atoms with Crippen molar-refractivity contribution in [1.29, 1.82) is 0 Å². The molecule has 154 valence electrons. The van der Waals surface area contributed by atoms with E-state index in [0.717, 1.165) is 29.4 Å². The number of carbonyl (C=O) groups excluding carboxylic acids is 1. The number of hydrogen-bond acceptors (Lipinski definition) is 3. The molecule has 0 spiro atoms. The van der Waals surface area contributed by atoms with E-state index in [4.69, 9.17) is 0 Å². The van der Waals surface area contributed by atoms with Gasteiger partial charge in [0, 0.05) is 55.3 Å². The molecule has 0 aliphatic heterocycles. The van der Waals surface area contributed by atoms with Gasteiger partial charge in [-0.05, 0) is 49.1 Å².